The molecule has 4 nitrogen and oxygen atoms in total. The summed E-state index contributed by atoms with van der Waals surface area (Å²) in [5.41, 5.74) is 0.897. The lowest BCUT2D eigenvalue weighted by molar-refractivity contribution is 0.0337. The molecule has 0 amide bonds. The van der Waals surface area contributed by atoms with Gasteiger partial charge in [0.25, 0.3) is 0 Å². The molecule has 0 aliphatic heterocycles. The van der Waals surface area contributed by atoms with Crippen LogP contribution in [0, 0.1) is 0 Å². The fraction of sp³-hybridized carbons (Fsp3) is 0.250. The number of nitrogens with zero attached hydrogens (tertiary/aromatic N) is 2. The van der Waals surface area contributed by atoms with Crippen molar-refractivity contribution in [1.82, 2.24) is 9.55 Å². The summed E-state index contributed by atoms with van der Waals surface area (Å²) >= 11 is 18.3. The first kappa shape index (κ1) is 20.0. The molecule has 0 spiro atoms. The highest BCUT2D eigenvalue weighted by molar-refractivity contribution is 6.35. The van der Waals surface area contributed by atoms with Gasteiger partial charge in [-0.3, -0.25) is 0 Å². The van der Waals surface area contributed by atoms with Gasteiger partial charge in [0.05, 0.1) is 26.1 Å². The van der Waals surface area contributed by atoms with Crippen LogP contribution in [-0.4, -0.2) is 22.8 Å². The van der Waals surface area contributed by atoms with Gasteiger partial charge in [-0.2, -0.15) is 0 Å². The predicted molar refractivity (Wildman–Crippen MR) is 109 cm³/mol. The van der Waals surface area contributed by atoms with Gasteiger partial charge in [-0.05, 0) is 36.4 Å². The molecule has 1 unspecified atom stereocenters. The van der Waals surface area contributed by atoms with Gasteiger partial charge in [0.15, 0.2) is 0 Å². The second-order valence-electron chi connectivity index (χ2n) is 5.94. The Balaban J connectivity index is 1.55. The van der Waals surface area contributed by atoms with E-state index in [4.69, 9.17) is 44.3 Å². The number of aromatic nitrogens is 2. The SMILES string of the molecule is Clc1ccc(OCCCOC(Cn2ccnc2)c2ccc(Cl)cc2Cl)cc1. The van der Waals surface area contributed by atoms with Crippen LogP contribution in [0.2, 0.25) is 15.1 Å². The Labute approximate surface area is 173 Å². The van der Waals surface area contributed by atoms with Crippen LogP contribution < -0.4 is 4.74 Å². The molecule has 0 aliphatic rings. The van der Waals surface area contributed by atoms with Gasteiger partial charge >= 0.3 is 0 Å². The highest BCUT2D eigenvalue weighted by Gasteiger charge is 2.16. The largest absolute Gasteiger partial charge is 0.494 e. The van der Waals surface area contributed by atoms with Gasteiger partial charge in [0, 0.05) is 39.4 Å². The summed E-state index contributed by atoms with van der Waals surface area (Å²) in [6.07, 6.45) is 5.92. The van der Waals surface area contributed by atoms with Crippen LogP contribution in [0.1, 0.15) is 18.1 Å². The van der Waals surface area contributed by atoms with Crippen LogP contribution in [0.15, 0.2) is 61.2 Å². The number of hydrogen-bond donors (Lipinski definition) is 0. The Kier molecular flexibility index (Phi) is 7.41. The Hall–Kier alpha value is -1.72. The molecule has 1 aromatic heterocycles. The first-order valence-electron chi connectivity index (χ1n) is 8.52. The summed E-state index contributed by atoms with van der Waals surface area (Å²) in [5.74, 6) is 0.787. The van der Waals surface area contributed by atoms with Crippen molar-refractivity contribution in [1.29, 1.82) is 0 Å². The van der Waals surface area contributed by atoms with E-state index in [9.17, 15) is 0 Å². The molecule has 1 heterocycles. The van der Waals surface area contributed by atoms with Gasteiger partial charge in [-0.15, -0.1) is 0 Å². The minimum atomic E-state index is -0.209. The molecular weight excluding hydrogens is 407 g/mol. The molecule has 2 aromatic carbocycles. The van der Waals surface area contributed by atoms with Crippen molar-refractivity contribution >= 4 is 34.8 Å². The van der Waals surface area contributed by atoms with Crippen molar-refractivity contribution in [2.75, 3.05) is 13.2 Å². The Bertz CT molecular complexity index is 839. The van der Waals surface area contributed by atoms with Gasteiger partial charge in [-0.25, -0.2) is 4.98 Å². The molecule has 0 saturated heterocycles. The smallest absolute Gasteiger partial charge is 0.119 e. The van der Waals surface area contributed by atoms with E-state index < -0.39 is 0 Å². The number of halogens is 3. The average Bonchev–Trinajstić information content (AvgIpc) is 3.15. The summed E-state index contributed by atoms with van der Waals surface area (Å²) in [5, 5.41) is 1.87. The Morgan fingerprint density at radius 2 is 1.74 bits per heavy atom. The molecule has 0 saturated carbocycles. The molecule has 7 heteroatoms. The van der Waals surface area contributed by atoms with E-state index >= 15 is 0 Å². The Morgan fingerprint density at radius 3 is 2.44 bits per heavy atom. The van der Waals surface area contributed by atoms with Crippen LogP contribution in [0.5, 0.6) is 5.75 Å². The lowest BCUT2D eigenvalue weighted by Gasteiger charge is -2.20. The van der Waals surface area contributed by atoms with E-state index in [1.54, 1.807) is 30.7 Å². The molecule has 1 atom stereocenters. The van der Waals surface area contributed by atoms with Crippen molar-refractivity contribution < 1.29 is 9.47 Å². The fourth-order valence-corrected chi connectivity index (χ4v) is 3.25. The number of ether oxygens (including phenoxy) is 2. The highest BCUT2D eigenvalue weighted by atomic mass is 35.5. The maximum atomic E-state index is 6.37. The maximum Gasteiger partial charge on any atom is 0.119 e. The van der Waals surface area contributed by atoms with Crippen molar-refractivity contribution in [3.05, 3.63) is 81.8 Å². The van der Waals surface area contributed by atoms with E-state index in [1.807, 2.05) is 35.0 Å². The third-order valence-corrected chi connectivity index (χ3v) is 4.75. The molecule has 142 valence electrons. The molecule has 27 heavy (non-hydrogen) atoms. The summed E-state index contributed by atoms with van der Waals surface area (Å²) in [7, 11) is 0. The zero-order chi connectivity index (χ0) is 19.1. The topological polar surface area (TPSA) is 36.3 Å². The van der Waals surface area contributed by atoms with Crippen LogP contribution in [0.4, 0.5) is 0 Å². The van der Waals surface area contributed by atoms with Gasteiger partial charge in [-0.1, -0.05) is 40.9 Å². The van der Waals surface area contributed by atoms with E-state index in [0.717, 1.165) is 17.7 Å². The van der Waals surface area contributed by atoms with Crippen LogP contribution in [0.25, 0.3) is 0 Å². The molecule has 0 aliphatic carbocycles. The van der Waals surface area contributed by atoms with Crippen LogP contribution >= 0.6 is 34.8 Å². The highest BCUT2D eigenvalue weighted by Crippen LogP contribution is 2.29. The maximum absolute atomic E-state index is 6.37. The van der Waals surface area contributed by atoms with Crippen molar-refractivity contribution in [2.24, 2.45) is 0 Å². The number of imidazole rings is 1. The summed E-state index contributed by atoms with van der Waals surface area (Å²) in [4.78, 5) is 4.08. The summed E-state index contributed by atoms with van der Waals surface area (Å²) in [6.45, 7) is 1.69. The quantitative estimate of drug-likeness (QED) is 0.390. The van der Waals surface area contributed by atoms with Crippen LogP contribution in [0.3, 0.4) is 0 Å². The monoisotopic (exact) mass is 424 g/mol. The van der Waals surface area contributed by atoms with Gasteiger partial charge in [0.2, 0.25) is 0 Å². The normalized spacial score (nSPS) is 12.1. The molecule has 0 bridgehead atoms. The number of hydrogen-bond acceptors (Lipinski definition) is 3. The van der Waals surface area contributed by atoms with E-state index in [-0.39, 0.29) is 6.10 Å². The van der Waals surface area contributed by atoms with Gasteiger partial charge < -0.3 is 14.0 Å². The average molecular weight is 426 g/mol. The molecule has 3 rings (SSSR count). The predicted octanol–water partition coefficient (Wildman–Crippen LogP) is 6.07. The Morgan fingerprint density at radius 1 is 0.963 bits per heavy atom. The lowest BCUT2D eigenvalue weighted by atomic mass is 10.1. The molecule has 3 aromatic rings. The molecular formula is C20H19Cl3N2O2. The first-order chi connectivity index (χ1) is 13.1. The number of rotatable bonds is 9. The molecule has 0 N–H and O–H groups in total. The second kappa shape index (κ2) is 10.00. The van der Waals surface area contributed by atoms with E-state index in [2.05, 4.69) is 4.98 Å². The summed E-state index contributed by atoms with van der Waals surface area (Å²) in [6, 6.07) is 12.7. The third-order valence-electron chi connectivity index (χ3n) is 3.94. The van der Waals surface area contributed by atoms with Crippen molar-refractivity contribution in [3.8, 4) is 5.75 Å². The van der Waals surface area contributed by atoms with Crippen molar-refractivity contribution in [3.63, 3.8) is 0 Å². The van der Waals surface area contributed by atoms with E-state index in [1.165, 1.54) is 0 Å². The minimum absolute atomic E-state index is 0.209. The standard InChI is InChI=1S/C20H19Cl3N2O2/c21-15-2-5-17(6-3-15)26-10-1-11-27-20(13-25-9-8-24-14-25)18-7-4-16(22)12-19(18)23/h2-9,12,14,20H,1,10-11,13H2. The third kappa shape index (κ3) is 6.15. The van der Waals surface area contributed by atoms with E-state index in [0.29, 0.717) is 34.8 Å². The zero-order valence-corrected chi connectivity index (χ0v) is 16.8. The first-order valence-corrected chi connectivity index (χ1v) is 9.66. The van der Waals surface area contributed by atoms with Gasteiger partial charge in [0.1, 0.15) is 11.9 Å². The second-order valence-corrected chi connectivity index (χ2v) is 7.22. The van der Waals surface area contributed by atoms with Crippen LogP contribution in [-0.2, 0) is 11.3 Å². The van der Waals surface area contributed by atoms with Crippen molar-refractivity contribution in [2.45, 2.75) is 19.1 Å². The fourth-order valence-electron chi connectivity index (χ4n) is 2.60. The molecule has 0 radical (unpaired) electrons. The lowest BCUT2D eigenvalue weighted by Crippen LogP contribution is -2.14. The zero-order valence-electron chi connectivity index (χ0n) is 14.5. The number of benzene rings is 2. The summed E-state index contributed by atoms with van der Waals surface area (Å²) < 4.78 is 13.8. The minimum Gasteiger partial charge on any atom is -0.494 e. The molecule has 0 fully saturated rings.